The molecule has 10 heteroatoms. The van der Waals surface area contributed by atoms with Crippen LogP contribution in [0.2, 0.25) is 18.1 Å². The molecule has 0 bridgehead atoms. The van der Waals surface area contributed by atoms with Gasteiger partial charge in [-0.15, -0.1) is 0 Å². The molecule has 1 aliphatic carbocycles. The number of nitrogens with zero attached hydrogens (tertiary/aromatic N) is 5. The van der Waals surface area contributed by atoms with Crippen molar-refractivity contribution >= 4 is 37.1 Å². The molecule has 2 aliphatic heterocycles. The maximum Gasteiger partial charge on any atom is 0.243 e. The molecule has 5 rings (SSSR count). The van der Waals surface area contributed by atoms with E-state index in [0.717, 1.165) is 43.2 Å². The Hall–Kier alpha value is -2.69. The summed E-state index contributed by atoms with van der Waals surface area (Å²) in [7, 11) is -0.148. The predicted molar refractivity (Wildman–Crippen MR) is 146 cm³/mol. The molecule has 0 radical (unpaired) electrons. The molecule has 1 N–H and O–H groups in total. The average Bonchev–Trinajstić information content (AvgIpc) is 3.46. The Kier molecular flexibility index (Phi) is 6.70. The van der Waals surface area contributed by atoms with Gasteiger partial charge in [0.2, 0.25) is 5.91 Å². The first-order chi connectivity index (χ1) is 17.6. The number of hydrogen-bond donors (Lipinski definition) is 1. The van der Waals surface area contributed by atoms with Crippen molar-refractivity contribution in [3.8, 4) is 0 Å². The number of ether oxygens (including phenoxy) is 1. The molecule has 0 unspecified atom stereocenters. The smallest absolute Gasteiger partial charge is 0.243 e. The molecule has 0 aromatic carbocycles. The van der Waals surface area contributed by atoms with Crippen LogP contribution in [0.5, 0.6) is 0 Å². The van der Waals surface area contributed by atoms with Crippen LogP contribution in [-0.4, -0.2) is 54.4 Å². The van der Waals surface area contributed by atoms with Gasteiger partial charge in [-0.3, -0.25) is 9.69 Å². The minimum Gasteiger partial charge on any atom is -0.409 e. The van der Waals surface area contributed by atoms with E-state index in [1.165, 1.54) is 0 Å². The van der Waals surface area contributed by atoms with E-state index in [1.54, 1.807) is 17.3 Å². The van der Waals surface area contributed by atoms with Gasteiger partial charge in [0.05, 0.1) is 48.9 Å². The predicted octanol–water partition coefficient (Wildman–Crippen LogP) is 5.12. The van der Waals surface area contributed by atoms with E-state index in [2.05, 4.69) is 49.1 Å². The van der Waals surface area contributed by atoms with Crippen LogP contribution in [0.25, 0.3) is 5.57 Å². The average molecular weight is 523 g/mol. The highest BCUT2D eigenvalue weighted by Gasteiger charge is 2.55. The van der Waals surface area contributed by atoms with Gasteiger partial charge in [0.25, 0.3) is 0 Å². The lowest BCUT2D eigenvalue weighted by molar-refractivity contribution is -0.122. The summed E-state index contributed by atoms with van der Waals surface area (Å²) in [5.74, 6) is 2.63. The highest BCUT2D eigenvalue weighted by Crippen LogP contribution is 2.54. The second kappa shape index (κ2) is 9.56. The first-order valence-electron chi connectivity index (χ1n) is 13.2. The van der Waals surface area contributed by atoms with Gasteiger partial charge >= 0.3 is 0 Å². The summed E-state index contributed by atoms with van der Waals surface area (Å²) in [6.07, 6.45) is 9.86. The maximum atomic E-state index is 14.1. The van der Waals surface area contributed by atoms with E-state index in [9.17, 15) is 4.79 Å². The lowest BCUT2D eigenvalue weighted by Gasteiger charge is -2.35. The zero-order chi connectivity index (χ0) is 26.4. The number of aromatic nitrogens is 4. The summed E-state index contributed by atoms with van der Waals surface area (Å²) in [5.41, 5.74) is 1.98. The van der Waals surface area contributed by atoms with Crippen molar-refractivity contribution in [3.05, 3.63) is 35.7 Å². The first kappa shape index (κ1) is 25.9. The van der Waals surface area contributed by atoms with E-state index in [1.807, 2.05) is 13.1 Å². The van der Waals surface area contributed by atoms with Gasteiger partial charge in [-0.2, -0.15) is 0 Å². The second-order valence-electron chi connectivity index (χ2n) is 11.7. The van der Waals surface area contributed by atoms with Gasteiger partial charge in [-0.1, -0.05) is 39.7 Å². The molecule has 198 valence electrons. The zero-order valence-corrected chi connectivity index (χ0v) is 23.8. The van der Waals surface area contributed by atoms with Gasteiger partial charge < -0.3 is 14.5 Å². The minimum absolute atomic E-state index is 0.0369. The summed E-state index contributed by atoms with van der Waals surface area (Å²) >= 11 is 0. The summed E-state index contributed by atoms with van der Waals surface area (Å²) < 4.78 is 11.9. The van der Waals surface area contributed by atoms with E-state index in [0.29, 0.717) is 48.8 Å². The number of carbonyl (C=O) groups excluding carboxylic acids is 1. The molecule has 0 atom stereocenters. The maximum absolute atomic E-state index is 14.1. The largest absolute Gasteiger partial charge is 0.409 e. The van der Waals surface area contributed by atoms with E-state index in [4.69, 9.17) is 19.1 Å². The lowest BCUT2D eigenvalue weighted by Crippen LogP contribution is -2.40. The molecule has 3 aliphatic rings. The molecule has 2 aromatic heterocycles. The number of amides is 1. The molecule has 9 nitrogen and oxygen atoms in total. The first-order valence-corrected chi connectivity index (χ1v) is 16.1. The number of hydrogen-bond acceptors (Lipinski definition) is 8. The molecule has 37 heavy (non-hydrogen) atoms. The normalized spacial score (nSPS) is 19.4. The number of nitrogens with one attached hydrogen (secondary N) is 1. The van der Waals surface area contributed by atoms with Gasteiger partial charge in [0, 0.05) is 7.05 Å². The number of rotatable bonds is 6. The number of fused-ring (bicyclic) bond motifs is 2. The van der Waals surface area contributed by atoms with E-state index in [-0.39, 0.29) is 10.9 Å². The van der Waals surface area contributed by atoms with Crippen LogP contribution in [0.3, 0.4) is 0 Å². The second-order valence-corrected chi connectivity index (χ2v) is 16.5. The Bertz CT molecular complexity index is 1220. The van der Waals surface area contributed by atoms with Crippen LogP contribution >= 0.6 is 0 Å². The lowest BCUT2D eigenvalue weighted by atomic mass is 9.80. The molecule has 1 fully saturated rings. The third-order valence-corrected chi connectivity index (χ3v) is 12.9. The molecular formula is C27H38N6O3Si. The number of carbonyl (C=O) groups is 1. The van der Waals surface area contributed by atoms with Crippen LogP contribution in [0.4, 0.5) is 17.3 Å². The summed E-state index contributed by atoms with van der Waals surface area (Å²) in [6, 6.07) is 0. The van der Waals surface area contributed by atoms with Crippen molar-refractivity contribution in [2.24, 2.45) is 0 Å². The fraction of sp³-hybridized carbons (Fsp3) is 0.593. The fourth-order valence-corrected chi connectivity index (χ4v) is 6.16. The van der Waals surface area contributed by atoms with E-state index >= 15 is 0 Å². The van der Waals surface area contributed by atoms with Crippen LogP contribution in [0, 0.1) is 0 Å². The van der Waals surface area contributed by atoms with Crippen molar-refractivity contribution in [3.63, 3.8) is 0 Å². The molecule has 1 amide bonds. The van der Waals surface area contributed by atoms with Gasteiger partial charge in [-0.05, 0) is 43.0 Å². The highest BCUT2D eigenvalue weighted by molar-refractivity contribution is 6.74. The monoisotopic (exact) mass is 522 g/mol. The van der Waals surface area contributed by atoms with E-state index < -0.39 is 13.7 Å². The van der Waals surface area contributed by atoms with Crippen molar-refractivity contribution in [2.45, 2.75) is 83.0 Å². The number of anilines is 3. The van der Waals surface area contributed by atoms with Crippen molar-refractivity contribution in [1.82, 2.24) is 19.9 Å². The quantitative estimate of drug-likeness (QED) is 0.521. The van der Waals surface area contributed by atoms with Gasteiger partial charge in [0.15, 0.2) is 20.0 Å². The SMILES string of the molecule is CNc1nc(CO[Si](C)(C)C(C)(C)C)nc2c1C1(CCCC1)C(=O)N2c1cnc(C2=CCOCC2)nc1. The van der Waals surface area contributed by atoms with Crippen molar-refractivity contribution in [1.29, 1.82) is 0 Å². The Morgan fingerprint density at radius 2 is 1.86 bits per heavy atom. The Morgan fingerprint density at radius 3 is 2.46 bits per heavy atom. The minimum atomic E-state index is -2.01. The molecule has 1 spiro atoms. The van der Waals surface area contributed by atoms with Crippen LogP contribution in [0.1, 0.15) is 70.1 Å². The third kappa shape index (κ3) is 4.49. The van der Waals surface area contributed by atoms with Gasteiger partial charge in [-0.25, -0.2) is 19.9 Å². The topological polar surface area (TPSA) is 102 Å². The van der Waals surface area contributed by atoms with Crippen LogP contribution in [0.15, 0.2) is 18.5 Å². The Morgan fingerprint density at radius 1 is 1.16 bits per heavy atom. The Labute approximate surface area is 220 Å². The molecular weight excluding hydrogens is 484 g/mol. The molecule has 1 saturated carbocycles. The fourth-order valence-electron chi connectivity index (χ4n) is 5.24. The third-order valence-electron chi connectivity index (χ3n) is 8.45. The van der Waals surface area contributed by atoms with Gasteiger partial charge in [0.1, 0.15) is 11.6 Å². The summed E-state index contributed by atoms with van der Waals surface area (Å²) in [4.78, 5) is 34.9. The molecule has 4 heterocycles. The molecule has 2 aromatic rings. The summed E-state index contributed by atoms with van der Waals surface area (Å²) in [5, 5.41) is 3.34. The van der Waals surface area contributed by atoms with Crippen molar-refractivity contribution in [2.75, 3.05) is 30.5 Å². The highest BCUT2D eigenvalue weighted by atomic mass is 28.4. The standard InChI is InChI=1S/C27H38N6O3Si/c1-26(2,3)37(5,6)36-17-20-31-23(28-4)21-24(32-20)33(25(34)27(21)11-7-8-12-27)19-15-29-22(30-16-19)18-9-13-35-14-10-18/h9,15-16H,7-8,10-14,17H2,1-6H3,(H,28,31,32). The summed E-state index contributed by atoms with van der Waals surface area (Å²) in [6.45, 7) is 12.6. The van der Waals surface area contributed by atoms with Crippen LogP contribution < -0.4 is 10.2 Å². The zero-order valence-electron chi connectivity index (χ0n) is 22.8. The Balaban J connectivity index is 1.55. The molecule has 0 saturated heterocycles. The van der Waals surface area contributed by atoms with Crippen molar-refractivity contribution < 1.29 is 14.0 Å². The van der Waals surface area contributed by atoms with Crippen LogP contribution in [-0.2, 0) is 26.0 Å².